The molecule has 2 nitrogen and oxygen atoms in total. The molecule has 18 heavy (non-hydrogen) atoms. The van der Waals surface area contributed by atoms with E-state index < -0.39 is 11.6 Å². The lowest BCUT2D eigenvalue weighted by atomic mass is 10.2. The van der Waals surface area contributed by atoms with Crippen molar-refractivity contribution in [2.75, 3.05) is 0 Å². The van der Waals surface area contributed by atoms with Crippen molar-refractivity contribution < 1.29 is 18.6 Å². The SMILES string of the molecule is OCc1ccc(Oc2cc(Br)ccc2F)c(F)c1. The van der Waals surface area contributed by atoms with Gasteiger partial charge in [-0.3, -0.25) is 0 Å². The van der Waals surface area contributed by atoms with Gasteiger partial charge in [0.15, 0.2) is 23.1 Å². The first-order valence-corrected chi connectivity index (χ1v) is 5.91. The summed E-state index contributed by atoms with van der Waals surface area (Å²) in [5.41, 5.74) is 0.426. The highest BCUT2D eigenvalue weighted by atomic mass is 79.9. The van der Waals surface area contributed by atoms with Gasteiger partial charge in [0.25, 0.3) is 0 Å². The minimum atomic E-state index is -0.652. The number of benzene rings is 2. The largest absolute Gasteiger partial charge is 0.451 e. The van der Waals surface area contributed by atoms with E-state index in [1.54, 1.807) is 0 Å². The number of hydrogen-bond acceptors (Lipinski definition) is 2. The highest BCUT2D eigenvalue weighted by Gasteiger charge is 2.09. The van der Waals surface area contributed by atoms with Crippen molar-refractivity contribution in [3.8, 4) is 11.5 Å². The molecular weight excluding hydrogens is 306 g/mol. The van der Waals surface area contributed by atoms with E-state index in [2.05, 4.69) is 15.9 Å². The second kappa shape index (κ2) is 5.46. The fourth-order valence-corrected chi connectivity index (χ4v) is 1.74. The number of halogens is 3. The van der Waals surface area contributed by atoms with Crippen molar-refractivity contribution in [3.63, 3.8) is 0 Å². The summed E-state index contributed by atoms with van der Waals surface area (Å²) in [6, 6.07) is 8.16. The second-order valence-electron chi connectivity index (χ2n) is 3.60. The molecule has 0 unspecified atom stereocenters. The highest BCUT2D eigenvalue weighted by Crippen LogP contribution is 2.29. The molecule has 0 saturated carbocycles. The first-order valence-electron chi connectivity index (χ1n) is 5.12. The Balaban J connectivity index is 2.31. The van der Waals surface area contributed by atoms with Gasteiger partial charge in [0.1, 0.15) is 0 Å². The zero-order valence-electron chi connectivity index (χ0n) is 9.16. The number of aliphatic hydroxyl groups is 1. The van der Waals surface area contributed by atoms with Crippen molar-refractivity contribution in [2.45, 2.75) is 6.61 Å². The average molecular weight is 315 g/mol. The van der Waals surface area contributed by atoms with Crippen LogP contribution in [0.25, 0.3) is 0 Å². The number of aliphatic hydroxyl groups excluding tert-OH is 1. The molecule has 2 aromatic rings. The van der Waals surface area contributed by atoms with Gasteiger partial charge in [-0.1, -0.05) is 22.0 Å². The summed E-state index contributed by atoms with van der Waals surface area (Å²) >= 11 is 3.18. The maximum Gasteiger partial charge on any atom is 0.166 e. The summed E-state index contributed by atoms with van der Waals surface area (Å²) in [6.07, 6.45) is 0. The van der Waals surface area contributed by atoms with Crippen molar-refractivity contribution in [1.29, 1.82) is 0 Å². The lowest BCUT2D eigenvalue weighted by Gasteiger charge is -2.08. The number of hydrogen-bond donors (Lipinski definition) is 1. The second-order valence-corrected chi connectivity index (χ2v) is 4.52. The molecule has 0 spiro atoms. The maximum absolute atomic E-state index is 13.6. The minimum absolute atomic E-state index is 0.0694. The predicted molar refractivity (Wildman–Crippen MR) is 66.5 cm³/mol. The van der Waals surface area contributed by atoms with Gasteiger partial charge < -0.3 is 9.84 Å². The van der Waals surface area contributed by atoms with Crippen LogP contribution in [0.5, 0.6) is 11.5 Å². The van der Waals surface area contributed by atoms with Crippen LogP contribution in [0.15, 0.2) is 40.9 Å². The van der Waals surface area contributed by atoms with Crippen molar-refractivity contribution in [1.82, 2.24) is 0 Å². The minimum Gasteiger partial charge on any atom is -0.451 e. The predicted octanol–water partition coefficient (Wildman–Crippen LogP) is 4.01. The first-order chi connectivity index (χ1) is 8.60. The van der Waals surface area contributed by atoms with E-state index in [0.29, 0.717) is 10.0 Å². The van der Waals surface area contributed by atoms with Gasteiger partial charge in [0.2, 0.25) is 0 Å². The lowest BCUT2D eigenvalue weighted by molar-refractivity contribution is 0.281. The van der Waals surface area contributed by atoms with Crippen LogP contribution in [-0.4, -0.2) is 5.11 Å². The van der Waals surface area contributed by atoms with Crippen LogP contribution in [0.3, 0.4) is 0 Å². The summed E-state index contributed by atoms with van der Waals surface area (Å²) in [5, 5.41) is 8.85. The summed E-state index contributed by atoms with van der Waals surface area (Å²) in [5.74, 6) is -1.39. The molecule has 94 valence electrons. The molecule has 0 saturated heterocycles. The molecule has 1 N–H and O–H groups in total. The topological polar surface area (TPSA) is 29.5 Å². The maximum atomic E-state index is 13.6. The van der Waals surface area contributed by atoms with Gasteiger partial charge in [-0.05, 0) is 35.9 Å². The van der Waals surface area contributed by atoms with E-state index in [0.717, 1.165) is 6.07 Å². The molecule has 0 aliphatic heterocycles. The molecule has 0 aliphatic carbocycles. The Labute approximate surface area is 111 Å². The van der Waals surface area contributed by atoms with E-state index in [9.17, 15) is 8.78 Å². The van der Waals surface area contributed by atoms with Crippen LogP contribution in [0.4, 0.5) is 8.78 Å². The zero-order chi connectivity index (χ0) is 13.1. The van der Waals surface area contributed by atoms with Crippen LogP contribution in [-0.2, 0) is 6.61 Å². The highest BCUT2D eigenvalue weighted by molar-refractivity contribution is 9.10. The average Bonchev–Trinajstić information content (AvgIpc) is 2.36. The normalized spacial score (nSPS) is 10.4. The van der Waals surface area contributed by atoms with E-state index in [1.807, 2.05) is 0 Å². The Hall–Kier alpha value is -1.46. The van der Waals surface area contributed by atoms with E-state index in [4.69, 9.17) is 9.84 Å². The van der Waals surface area contributed by atoms with E-state index in [1.165, 1.54) is 30.3 Å². The van der Waals surface area contributed by atoms with Crippen LogP contribution in [0.2, 0.25) is 0 Å². The van der Waals surface area contributed by atoms with Gasteiger partial charge in [-0.25, -0.2) is 8.78 Å². The summed E-state index contributed by atoms with van der Waals surface area (Å²) < 4.78 is 32.8. The Bertz CT molecular complexity index is 573. The molecule has 0 radical (unpaired) electrons. The molecule has 0 heterocycles. The lowest BCUT2D eigenvalue weighted by Crippen LogP contribution is -1.93. The Morgan fingerprint density at radius 2 is 1.78 bits per heavy atom. The summed E-state index contributed by atoms with van der Waals surface area (Å²) in [7, 11) is 0. The van der Waals surface area contributed by atoms with E-state index in [-0.39, 0.29) is 18.1 Å². The zero-order valence-corrected chi connectivity index (χ0v) is 10.7. The van der Waals surface area contributed by atoms with Crippen LogP contribution in [0.1, 0.15) is 5.56 Å². The van der Waals surface area contributed by atoms with Crippen molar-refractivity contribution in [3.05, 3.63) is 58.1 Å². The third kappa shape index (κ3) is 2.86. The molecule has 0 bridgehead atoms. The molecule has 0 amide bonds. The van der Waals surface area contributed by atoms with Crippen LogP contribution < -0.4 is 4.74 Å². The van der Waals surface area contributed by atoms with Gasteiger partial charge >= 0.3 is 0 Å². The fraction of sp³-hybridized carbons (Fsp3) is 0.0769. The number of rotatable bonds is 3. The van der Waals surface area contributed by atoms with Crippen LogP contribution in [0, 0.1) is 11.6 Å². The summed E-state index contributed by atoms with van der Waals surface area (Å²) in [6.45, 7) is -0.261. The standard InChI is InChI=1S/C13H9BrF2O2/c14-9-2-3-10(15)13(6-9)18-12-4-1-8(7-17)5-11(12)16/h1-6,17H,7H2. The fourth-order valence-electron chi connectivity index (χ4n) is 1.40. The third-order valence-electron chi connectivity index (χ3n) is 2.29. The summed E-state index contributed by atoms with van der Waals surface area (Å²) in [4.78, 5) is 0. The first kappa shape index (κ1) is 13.0. The molecule has 0 atom stereocenters. The monoisotopic (exact) mass is 314 g/mol. The van der Waals surface area contributed by atoms with Gasteiger partial charge in [0.05, 0.1) is 6.61 Å². The molecule has 0 aromatic heterocycles. The number of ether oxygens (including phenoxy) is 1. The molecule has 0 aliphatic rings. The molecular formula is C13H9BrF2O2. The van der Waals surface area contributed by atoms with Gasteiger partial charge in [-0.15, -0.1) is 0 Å². The molecule has 2 rings (SSSR count). The van der Waals surface area contributed by atoms with Crippen LogP contribution >= 0.6 is 15.9 Å². The Kier molecular flexibility index (Phi) is 3.93. The van der Waals surface area contributed by atoms with Crippen molar-refractivity contribution >= 4 is 15.9 Å². The Morgan fingerprint density at radius 3 is 2.44 bits per heavy atom. The molecule has 0 fully saturated rings. The smallest absolute Gasteiger partial charge is 0.166 e. The molecule has 2 aromatic carbocycles. The quantitative estimate of drug-likeness (QED) is 0.927. The van der Waals surface area contributed by atoms with Crippen molar-refractivity contribution in [2.24, 2.45) is 0 Å². The Morgan fingerprint density at radius 1 is 1.00 bits per heavy atom. The van der Waals surface area contributed by atoms with Gasteiger partial charge in [-0.2, -0.15) is 0 Å². The van der Waals surface area contributed by atoms with E-state index >= 15 is 0 Å². The molecule has 5 heteroatoms. The third-order valence-corrected chi connectivity index (χ3v) is 2.79. The van der Waals surface area contributed by atoms with Gasteiger partial charge in [0, 0.05) is 4.47 Å².